The van der Waals surface area contributed by atoms with Gasteiger partial charge in [-0.2, -0.15) is 5.26 Å². The summed E-state index contributed by atoms with van der Waals surface area (Å²) in [7, 11) is 0. The maximum absolute atomic E-state index is 13.9. The van der Waals surface area contributed by atoms with Gasteiger partial charge in [-0.3, -0.25) is 0 Å². The number of allylic oxidation sites excluding steroid dienone is 2. The largest absolute Gasteiger partial charge is 0.394 e. The minimum atomic E-state index is -0.728. The molecular formula is C24H24FN3O2. The number of nitriles is 1. The zero-order valence-electron chi connectivity index (χ0n) is 16.6. The standard InChI is InChI=1S/C24H24FN3O2/c25-19-8-4-5-9-20(19)27-24(30)28-21(14-26)23(22(28)15-29)18-12-10-17(11-13-18)16-6-2-1-3-7-16/h4-6,8-13,21-23,29H,1-3,7,15H2,(H,27,30)/t21-,22+,23+/m0/s1. The van der Waals surface area contributed by atoms with Crippen molar-refractivity contribution in [2.45, 2.75) is 43.7 Å². The Morgan fingerprint density at radius 2 is 1.97 bits per heavy atom. The third-order valence-electron chi connectivity index (χ3n) is 6.04. The lowest BCUT2D eigenvalue weighted by Gasteiger charge is -2.51. The molecule has 154 valence electrons. The molecule has 0 radical (unpaired) electrons. The molecule has 0 saturated carbocycles. The summed E-state index contributed by atoms with van der Waals surface area (Å²) < 4.78 is 13.9. The van der Waals surface area contributed by atoms with Crippen molar-refractivity contribution in [3.63, 3.8) is 0 Å². The average molecular weight is 405 g/mol. The van der Waals surface area contributed by atoms with Crippen LogP contribution >= 0.6 is 0 Å². The van der Waals surface area contributed by atoms with Crippen LogP contribution in [0.2, 0.25) is 0 Å². The van der Waals surface area contributed by atoms with E-state index in [1.807, 2.05) is 12.1 Å². The van der Waals surface area contributed by atoms with Crippen LogP contribution in [0.25, 0.3) is 5.57 Å². The molecule has 4 rings (SSSR count). The van der Waals surface area contributed by atoms with Gasteiger partial charge in [0.1, 0.15) is 11.9 Å². The van der Waals surface area contributed by atoms with Crippen molar-refractivity contribution in [3.8, 4) is 6.07 Å². The van der Waals surface area contributed by atoms with Gasteiger partial charge >= 0.3 is 6.03 Å². The Labute approximate surface area is 175 Å². The summed E-state index contributed by atoms with van der Waals surface area (Å²) in [5, 5.41) is 22.1. The second-order valence-corrected chi connectivity index (χ2v) is 7.76. The molecular weight excluding hydrogens is 381 g/mol. The van der Waals surface area contributed by atoms with E-state index in [4.69, 9.17) is 0 Å². The number of urea groups is 1. The third-order valence-corrected chi connectivity index (χ3v) is 6.04. The Balaban J connectivity index is 1.52. The monoisotopic (exact) mass is 405 g/mol. The number of likely N-dealkylation sites (tertiary alicyclic amines) is 1. The first-order chi connectivity index (χ1) is 14.6. The molecule has 0 unspecified atom stereocenters. The first kappa shape index (κ1) is 20.1. The number of carbonyl (C=O) groups is 1. The smallest absolute Gasteiger partial charge is 0.323 e. The van der Waals surface area contributed by atoms with Crippen LogP contribution in [-0.4, -0.2) is 34.7 Å². The van der Waals surface area contributed by atoms with Crippen LogP contribution in [0.1, 0.15) is 42.7 Å². The molecule has 30 heavy (non-hydrogen) atoms. The molecule has 2 aromatic carbocycles. The Hall–Kier alpha value is -3.17. The number of anilines is 1. The van der Waals surface area contributed by atoms with Crippen LogP contribution in [0, 0.1) is 17.1 Å². The van der Waals surface area contributed by atoms with Gasteiger partial charge in [0, 0.05) is 5.92 Å². The summed E-state index contributed by atoms with van der Waals surface area (Å²) >= 11 is 0. The van der Waals surface area contributed by atoms with Gasteiger partial charge in [0.05, 0.1) is 24.4 Å². The van der Waals surface area contributed by atoms with Gasteiger partial charge < -0.3 is 15.3 Å². The van der Waals surface area contributed by atoms with Gasteiger partial charge in [-0.25, -0.2) is 9.18 Å². The van der Waals surface area contributed by atoms with E-state index in [1.165, 1.54) is 47.1 Å². The van der Waals surface area contributed by atoms with E-state index in [9.17, 15) is 19.6 Å². The molecule has 1 aliphatic carbocycles. The number of carbonyl (C=O) groups excluding carboxylic acids is 1. The second kappa shape index (κ2) is 8.68. The number of nitrogens with zero attached hydrogens (tertiary/aromatic N) is 2. The van der Waals surface area contributed by atoms with Gasteiger partial charge in [-0.15, -0.1) is 0 Å². The van der Waals surface area contributed by atoms with Crippen LogP contribution < -0.4 is 5.32 Å². The summed E-state index contributed by atoms with van der Waals surface area (Å²) in [4.78, 5) is 14.0. The molecule has 0 aromatic heterocycles. The molecule has 2 aromatic rings. The first-order valence-electron chi connectivity index (χ1n) is 10.3. The molecule has 1 saturated heterocycles. The van der Waals surface area contributed by atoms with Crippen LogP contribution in [0.3, 0.4) is 0 Å². The predicted octanol–water partition coefficient (Wildman–Crippen LogP) is 4.67. The van der Waals surface area contributed by atoms with Gasteiger partial charge in [-0.1, -0.05) is 42.5 Å². The first-order valence-corrected chi connectivity index (χ1v) is 10.3. The van der Waals surface area contributed by atoms with Gasteiger partial charge in [-0.05, 0) is 54.5 Å². The molecule has 2 aliphatic rings. The molecule has 3 atom stereocenters. The number of nitrogens with one attached hydrogen (secondary N) is 1. The highest BCUT2D eigenvalue weighted by Crippen LogP contribution is 2.41. The molecule has 1 aliphatic heterocycles. The van der Waals surface area contributed by atoms with Crippen molar-refractivity contribution in [2.24, 2.45) is 0 Å². The average Bonchev–Trinajstić information content (AvgIpc) is 2.76. The Bertz CT molecular complexity index is 996. The number of aliphatic hydroxyl groups is 1. The normalized spacial score (nSPS) is 23.2. The van der Waals surface area contributed by atoms with Crippen molar-refractivity contribution < 1.29 is 14.3 Å². The predicted molar refractivity (Wildman–Crippen MR) is 113 cm³/mol. The molecule has 2 N–H and O–H groups in total. The summed E-state index contributed by atoms with van der Waals surface area (Å²) in [6.45, 7) is -0.277. The SMILES string of the molecule is N#C[C@H]1[C@@H](c2ccc(C3=CCCCC3)cc2)[C@@H](CO)N1C(=O)Nc1ccccc1F. The number of hydrogen-bond donors (Lipinski definition) is 2. The van der Waals surface area contributed by atoms with E-state index in [-0.39, 0.29) is 18.2 Å². The number of aliphatic hydroxyl groups excluding tert-OH is 1. The summed E-state index contributed by atoms with van der Waals surface area (Å²) in [5.74, 6) is -0.842. The quantitative estimate of drug-likeness (QED) is 0.776. The highest BCUT2D eigenvalue weighted by molar-refractivity contribution is 5.91. The van der Waals surface area contributed by atoms with E-state index >= 15 is 0 Å². The van der Waals surface area contributed by atoms with Crippen LogP contribution in [0.15, 0.2) is 54.6 Å². The van der Waals surface area contributed by atoms with E-state index in [0.717, 1.165) is 18.4 Å². The second-order valence-electron chi connectivity index (χ2n) is 7.76. The molecule has 2 amide bonds. The molecule has 1 fully saturated rings. The van der Waals surface area contributed by atoms with Crippen molar-refractivity contribution in [1.29, 1.82) is 5.26 Å². The van der Waals surface area contributed by atoms with E-state index < -0.39 is 23.9 Å². The molecule has 5 nitrogen and oxygen atoms in total. The molecule has 0 bridgehead atoms. The zero-order valence-corrected chi connectivity index (χ0v) is 16.6. The van der Waals surface area contributed by atoms with Gasteiger partial charge in [0.2, 0.25) is 0 Å². The number of halogens is 1. The maximum Gasteiger partial charge on any atom is 0.323 e. The summed E-state index contributed by atoms with van der Waals surface area (Å²) in [6.07, 6.45) is 6.90. The third kappa shape index (κ3) is 3.69. The van der Waals surface area contributed by atoms with Crippen LogP contribution in [0.4, 0.5) is 14.9 Å². The number of amides is 2. The fourth-order valence-electron chi connectivity index (χ4n) is 4.45. The maximum atomic E-state index is 13.9. The van der Waals surface area contributed by atoms with Gasteiger partial charge in [0.25, 0.3) is 0 Å². The van der Waals surface area contributed by atoms with E-state index in [1.54, 1.807) is 6.07 Å². The van der Waals surface area contributed by atoms with Crippen LogP contribution in [0.5, 0.6) is 0 Å². The molecule has 1 heterocycles. The van der Waals surface area contributed by atoms with E-state index in [2.05, 4.69) is 29.6 Å². The number of benzene rings is 2. The number of rotatable bonds is 4. The van der Waals surface area contributed by atoms with E-state index in [0.29, 0.717) is 0 Å². The Kier molecular flexibility index (Phi) is 5.82. The molecule has 0 spiro atoms. The van der Waals surface area contributed by atoms with Gasteiger partial charge in [0.15, 0.2) is 0 Å². The minimum absolute atomic E-state index is 0.0458. The number of hydrogen-bond acceptors (Lipinski definition) is 3. The Morgan fingerprint density at radius 3 is 2.60 bits per heavy atom. The van der Waals surface area contributed by atoms with Crippen molar-refractivity contribution in [1.82, 2.24) is 4.90 Å². The Morgan fingerprint density at radius 1 is 1.20 bits per heavy atom. The lowest BCUT2D eigenvalue weighted by Crippen LogP contribution is -2.66. The molecule has 6 heteroatoms. The van der Waals surface area contributed by atoms with Crippen molar-refractivity contribution in [2.75, 3.05) is 11.9 Å². The fraction of sp³-hybridized carbons (Fsp3) is 0.333. The minimum Gasteiger partial charge on any atom is -0.394 e. The topological polar surface area (TPSA) is 76.4 Å². The number of para-hydroxylation sites is 1. The zero-order chi connectivity index (χ0) is 21.1. The highest BCUT2D eigenvalue weighted by Gasteiger charge is 2.51. The van der Waals surface area contributed by atoms with Crippen molar-refractivity contribution >= 4 is 17.3 Å². The fourth-order valence-corrected chi connectivity index (χ4v) is 4.45. The lowest BCUT2D eigenvalue weighted by molar-refractivity contribution is 0.0223. The van der Waals surface area contributed by atoms with Crippen LogP contribution in [-0.2, 0) is 0 Å². The lowest BCUT2D eigenvalue weighted by atomic mass is 9.75. The summed E-state index contributed by atoms with van der Waals surface area (Å²) in [5.41, 5.74) is 3.49. The highest BCUT2D eigenvalue weighted by atomic mass is 19.1. The summed E-state index contributed by atoms with van der Waals surface area (Å²) in [6, 6.07) is 14.2. The van der Waals surface area contributed by atoms with Crippen molar-refractivity contribution in [3.05, 3.63) is 71.6 Å².